The van der Waals surface area contributed by atoms with Crippen molar-refractivity contribution in [2.24, 2.45) is 4.99 Å². The Morgan fingerprint density at radius 2 is 1.88 bits per heavy atom. The Kier molecular flexibility index (Phi) is 2.95. The minimum Gasteiger partial charge on any atom is -0.494 e. The molecule has 0 spiro atoms. The van der Waals surface area contributed by atoms with Crippen LogP contribution in [0.2, 0.25) is 0 Å². The van der Waals surface area contributed by atoms with Crippen molar-refractivity contribution in [1.29, 1.82) is 0 Å². The number of allylic oxidation sites excluding steroid dienone is 1. The Morgan fingerprint density at radius 3 is 2.41 bits per heavy atom. The van der Waals surface area contributed by atoms with Crippen LogP contribution in [-0.2, 0) is 14.0 Å². The molecule has 0 unspecified atom stereocenters. The first-order chi connectivity index (χ1) is 7.86. The van der Waals surface area contributed by atoms with Crippen molar-refractivity contribution in [3.8, 4) is 0 Å². The van der Waals surface area contributed by atoms with Crippen LogP contribution in [0.1, 0.15) is 27.7 Å². The predicted molar refractivity (Wildman–Crippen MR) is 66.4 cm³/mol. The molecule has 5 nitrogen and oxygen atoms in total. The predicted octanol–water partition coefficient (Wildman–Crippen LogP) is 1.41. The standard InChI is InChI=1S/C11H19BN2O3/c1-10(2)11(3,4)17-12(16-10)14-7-9(15-5)6-13-8-14/h6-7H,8H2,1-5H3. The second-order valence-corrected chi connectivity index (χ2v) is 5.27. The first kappa shape index (κ1) is 12.5. The summed E-state index contributed by atoms with van der Waals surface area (Å²) in [6, 6.07) is 0. The lowest BCUT2D eigenvalue weighted by Crippen LogP contribution is -2.41. The van der Waals surface area contributed by atoms with Gasteiger partial charge in [0.2, 0.25) is 0 Å². The summed E-state index contributed by atoms with van der Waals surface area (Å²) in [7, 11) is 1.20. The van der Waals surface area contributed by atoms with Gasteiger partial charge in [-0.3, -0.25) is 4.99 Å². The summed E-state index contributed by atoms with van der Waals surface area (Å²) in [4.78, 5) is 6.08. The number of nitrogens with zero attached hydrogens (tertiary/aromatic N) is 2. The lowest BCUT2D eigenvalue weighted by Gasteiger charge is -2.32. The van der Waals surface area contributed by atoms with Crippen molar-refractivity contribution in [2.75, 3.05) is 13.8 Å². The highest BCUT2D eigenvalue weighted by Crippen LogP contribution is 2.37. The fourth-order valence-corrected chi connectivity index (χ4v) is 1.64. The van der Waals surface area contributed by atoms with E-state index < -0.39 is 7.25 Å². The van der Waals surface area contributed by atoms with Crippen LogP contribution in [0.25, 0.3) is 0 Å². The van der Waals surface area contributed by atoms with Gasteiger partial charge in [-0.25, -0.2) is 0 Å². The van der Waals surface area contributed by atoms with Crippen molar-refractivity contribution in [3.05, 3.63) is 12.0 Å². The van der Waals surface area contributed by atoms with Gasteiger partial charge < -0.3 is 18.9 Å². The van der Waals surface area contributed by atoms with Crippen molar-refractivity contribution < 1.29 is 14.0 Å². The van der Waals surface area contributed by atoms with Crippen molar-refractivity contribution in [2.45, 2.75) is 38.9 Å². The van der Waals surface area contributed by atoms with E-state index in [2.05, 4.69) is 4.99 Å². The molecule has 94 valence electrons. The summed E-state index contributed by atoms with van der Waals surface area (Å²) in [6.07, 6.45) is 3.55. The molecule has 0 atom stereocenters. The number of rotatable bonds is 2. The number of ether oxygens (including phenoxy) is 1. The van der Waals surface area contributed by atoms with Gasteiger partial charge in [0, 0.05) is 6.20 Å². The van der Waals surface area contributed by atoms with Crippen LogP contribution in [0.4, 0.5) is 0 Å². The minimum absolute atomic E-state index is 0.333. The van der Waals surface area contributed by atoms with E-state index in [-0.39, 0.29) is 11.2 Å². The molecule has 17 heavy (non-hydrogen) atoms. The molecule has 1 saturated heterocycles. The van der Waals surface area contributed by atoms with Gasteiger partial charge in [0.25, 0.3) is 0 Å². The molecule has 0 amide bonds. The SMILES string of the molecule is COC1=CN(B2OC(C)(C)C(C)(C)O2)CN=C1. The van der Waals surface area contributed by atoms with Gasteiger partial charge in [-0.2, -0.15) is 0 Å². The second-order valence-electron chi connectivity index (χ2n) is 5.27. The summed E-state index contributed by atoms with van der Waals surface area (Å²) >= 11 is 0. The van der Waals surface area contributed by atoms with Crippen LogP contribution < -0.4 is 0 Å². The summed E-state index contributed by atoms with van der Waals surface area (Å²) in [6.45, 7) is 8.63. The summed E-state index contributed by atoms with van der Waals surface area (Å²) < 4.78 is 17.0. The van der Waals surface area contributed by atoms with Crippen LogP contribution in [0.5, 0.6) is 0 Å². The molecule has 6 heteroatoms. The lowest BCUT2D eigenvalue weighted by atomic mass is 9.90. The molecule has 2 aliphatic rings. The first-order valence-electron chi connectivity index (χ1n) is 5.73. The smallest absolute Gasteiger partial charge is 0.494 e. The topological polar surface area (TPSA) is 43.3 Å². The maximum atomic E-state index is 5.93. The average molecular weight is 238 g/mol. The van der Waals surface area contributed by atoms with E-state index in [0.29, 0.717) is 12.4 Å². The van der Waals surface area contributed by atoms with Crippen LogP contribution >= 0.6 is 0 Å². The summed E-state index contributed by atoms with van der Waals surface area (Å²) in [5.41, 5.74) is -0.667. The zero-order valence-corrected chi connectivity index (χ0v) is 11.1. The third-order valence-electron chi connectivity index (χ3n) is 3.50. The maximum absolute atomic E-state index is 5.93. The molecular weight excluding hydrogens is 219 g/mol. The molecule has 0 radical (unpaired) electrons. The van der Waals surface area contributed by atoms with Crippen LogP contribution in [-0.4, -0.2) is 43.3 Å². The number of aliphatic imine (C=N–C) groups is 1. The Labute approximate surface area is 103 Å². The van der Waals surface area contributed by atoms with E-state index >= 15 is 0 Å². The van der Waals surface area contributed by atoms with E-state index in [9.17, 15) is 0 Å². The number of hydrogen-bond acceptors (Lipinski definition) is 5. The van der Waals surface area contributed by atoms with E-state index in [0.717, 1.165) is 0 Å². The van der Waals surface area contributed by atoms with Gasteiger partial charge in [0.1, 0.15) is 6.67 Å². The molecule has 1 fully saturated rings. The second kappa shape index (κ2) is 4.03. The Hall–Kier alpha value is -1.01. The summed E-state index contributed by atoms with van der Waals surface area (Å²) in [5, 5.41) is 0. The van der Waals surface area contributed by atoms with Crippen molar-refractivity contribution in [3.63, 3.8) is 0 Å². The zero-order chi connectivity index (χ0) is 12.7. The largest absolute Gasteiger partial charge is 0.595 e. The van der Waals surface area contributed by atoms with Gasteiger partial charge in [-0.15, -0.1) is 0 Å². The van der Waals surface area contributed by atoms with Gasteiger partial charge in [0.15, 0.2) is 5.76 Å². The van der Waals surface area contributed by atoms with Crippen molar-refractivity contribution in [1.82, 2.24) is 4.81 Å². The number of methoxy groups -OCH3 is 1. The normalized spacial score (nSPS) is 26.1. The quantitative estimate of drug-likeness (QED) is 0.682. The molecule has 2 rings (SSSR count). The maximum Gasteiger partial charge on any atom is 0.595 e. The molecule has 0 aromatic carbocycles. The Balaban J connectivity index is 2.12. The van der Waals surface area contributed by atoms with E-state index in [1.807, 2.05) is 38.7 Å². The van der Waals surface area contributed by atoms with E-state index in [4.69, 9.17) is 14.0 Å². The Bertz CT molecular complexity index is 350. The highest BCUT2D eigenvalue weighted by atomic mass is 16.7. The third-order valence-corrected chi connectivity index (χ3v) is 3.50. The molecule has 0 N–H and O–H groups in total. The first-order valence-corrected chi connectivity index (χ1v) is 5.73. The third kappa shape index (κ3) is 2.19. The molecule has 0 aromatic rings. The molecule has 2 aliphatic heterocycles. The molecule has 0 saturated carbocycles. The van der Waals surface area contributed by atoms with Gasteiger partial charge in [-0.05, 0) is 27.7 Å². The Morgan fingerprint density at radius 1 is 1.29 bits per heavy atom. The fourth-order valence-electron chi connectivity index (χ4n) is 1.64. The minimum atomic E-state index is -0.414. The van der Waals surface area contributed by atoms with Crippen molar-refractivity contribution >= 4 is 13.5 Å². The van der Waals surface area contributed by atoms with E-state index in [1.54, 1.807) is 13.3 Å². The lowest BCUT2D eigenvalue weighted by molar-refractivity contribution is 0.00578. The molecular formula is C11H19BN2O3. The summed E-state index contributed by atoms with van der Waals surface area (Å²) in [5.74, 6) is 0.700. The highest BCUT2D eigenvalue weighted by molar-refractivity contribution is 6.42. The molecule has 2 heterocycles. The van der Waals surface area contributed by atoms with Crippen LogP contribution in [0.15, 0.2) is 17.0 Å². The monoisotopic (exact) mass is 238 g/mol. The fraction of sp³-hybridized carbons (Fsp3) is 0.727. The molecule has 0 bridgehead atoms. The van der Waals surface area contributed by atoms with Gasteiger partial charge in [0.05, 0.1) is 24.5 Å². The molecule has 0 aliphatic carbocycles. The van der Waals surface area contributed by atoms with Gasteiger partial charge >= 0.3 is 7.25 Å². The van der Waals surface area contributed by atoms with Gasteiger partial charge in [-0.1, -0.05) is 0 Å². The zero-order valence-electron chi connectivity index (χ0n) is 11.1. The highest BCUT2D eigenvalue weighted by Gasteiger charge is 2.54. The number of hydrogen-bond donors (Lipinski definition) is 0. The van der Waals surface area contributed by atoms with Crippen LogP contribution in [0, 0.1) is 0 Å². The average Bonchev–Trinajstić information content (AvgIpc) is 2.48. The van der Waals surface area contributed by atoms with Crippen LogP contribution in [0.3, 0.4) is 0 Å². The van der Waals surface area contributed by atoms with E-state index in [1.165, 1.54) is 0 Å². The molecule has 0 aromatic heterocycles.